The minimum Gasteiger partial charge on any atom is -0.393 e. The van der Waals surface area contributed by atoms with Crippen LogP contribution in [-0.2, 0) is 6.42 Å². The molecule has 92 valence electrons. The summed E-state index contributed by atoms with van der Waals surface area (Å²) in [5, 5.41) is 13.5. The summed E-state index contributed by atoms with van der Waals surface area (Å²) in [5.41, 5.74) is 2.97. The highest BCUT2D eigenvalue weighted by atomic mass is 16.3. The average Bonchev–Trinajstić information content (AvgIpc) is 2.93. The van der Waals surface area contributed by atoms with Crippen molar-refractivity contribution in [3.63, 3.8) is 0 Å². The molecule has 0 bridgehead atoms. The Morgan fingerprint density at radius 2 is 2.06 bits per heavy atom. The summed E-state index contributed by atoms with van der Waals surface area (Å²) in [5.74, 6) is 0.475. The molecule has 2 aliphatic rings. The standard InChI is InChI=1S/C15H21NO/c17-15-7-3-5-12(15)10-16-14-9-8-11-4-1-2-6-13(11)14/h1-2,4,6,12,14-17H,3,5,7-10H2. The van der Waals surface area contributed by atoms with Gasteiger partial charge < -0.3 is 10.4 Å². The van der Waals surface area contributed by atoms with E-state index in [1.165, 1.54) is 36.8 Å². The lowest BCUT2D eigenvalue weighted by atomic mass is 10.0. The molecule has 1 aromatic rings. The van der Waals surface area contributed by atoms with Crippen LogP contribution < -0.4 is 5.32 Å². The van der Waals surface area contributed by atoms with E-state index in [0.717, 1.165) is 13.0 Å². The van der Waals surface area contributed by atoms with Crippen LogP contribution in [0.4, 0.5) is 0 Å². The molecule has 2 nitrogen and oxygen atoms in total. The van der Waals surface area contributed by atoms with Gasteiger partial charge in [0.05, 0.1) is 6.10 Å². The Labute approximate surface area is 103 Å². The zero-order valence-electron chi connectivity index (χ0n) is 10.2. The van der Waals surface area contributed by atoms with Gasteiger partial charge in [0.15, 0.2) is 0 Å². The lowest BCUT2D eigenvalue weighted by molar-refractivity contribution is 0.130. The summed E-state index contributed by atoms with van der Waals surface area (Å²) in [6, 6.07) is 9.25. The van der Waals surface area contributed by atoms with Crippen LogP contribution in [0.15, 0.2) is 24.3 Å². The molecule has 1 aromatic carbocycles. The lowest BCUT2D eigenvalue weighted by Crippen LogP contribution is -2.30. The Bertz CT molecular complexity index is 390. The van der Waals surface area contributed by atoms with Gasteiger partial charge in [-0.25, -0.2) is 0 Å². The summed E-state index contributed by atoms with van der Waals surface area (Å²) < 4.78 is 0. The predicted octanol–water partition coefficient (Wildman–Crippen LogP) is 2.42. The van der Waals surface area contributed by atoms with Crippen molar-refractivity contribution >= 4 is 0 Å². The number of hydrogen-bond acceptors (Lipinski definition) is 2. The summed E-state index contributed by atoms with van der Waals surface area (Å²) in [6.45, 7) is 0.972. The summed E-state index contributed by atoms with van der Waals surface area (Å²) in [4.78, 5) is 0. The first kappa shape index (κ1) is 11.2. The predicted molar refractivity (Wildman–Crippen MR) is 68.9 cm³/mol. The first-order valence-electron chi connectivity index (χ1n) is 6.84. The topological polar surface area (TPSA) is 32.3 Å². The van der Waals surface area contributed by atoms with E-state index >= 15 is 0 Å². The molecule has 0 saturated heterocycles. The molecule has 0 radical (unpaired) electrons. The molecule has 1 fully saturated rings. The quantitative estimate of drug-likeness (QED) is 0.837. The van der Waals surface area contributed by atoms with Crippen LogP contribution in [0.5, 0.6) is 0 Å². The highest BCUT2D eigenvalue weighted by molar-refractivity contribution is 5.34. The highest BCUT2D eigenvalue weighted by Gasteiger charge is 2.27. The van der Waals surface area contributed by atoms with Gasteiger partial charge in [0, 0.05) is 12.6 Å². The summed E-state index contributed by atoms with van der Waals surface area (Å²) in [6.07, 6.45) is 5.70. The van der Waals surface area contributed by atoms with Crippen molar-refractivity contribution in [1.29, 1.82) is 0 Å². The van der Waals surface area contributed by atoms with Crippen molar-refractivity contribution in [3.8, 4) is 0 Å². The number of aryl methyl sites for hydroxylation is 1. The van der Waals surface area contributed by atoms with Crippen molar-refractivity contribution in [2.24, 2.45) is 5.92 Å². The van der Waals surface area contributed by atoms with Crippen LogP contribution in [-0.4, -0.2) is 17.8 Å². The smallest absolute Gasteiger partial charge is 0.0580 e. The van der Waals surface area contributed by atoms with E-state index in [1.807, 2.05) is 0 Å². The van der Waals surface area contributed by atoms with Gasteiger partial charge in [0.1, 0.15) is 0 Å². The molecular weight excluding hydrogens is 210 g/mol. The molecule has 3 atom stereocenters. The van der Waals surface area contributed by atoms with E-state index in [1.54, 1.807) is 0 Å². The molecular formula is C15H21NO. The van der Waals surface area contributed by atoms with Crippen LogP contribution in [0, 0.1) is 5.92 Å². The number of aliphatic hydroxyl groups is 1. The molecule has 2 aliphatic carbocycles. The number of fused-ring (bicyclic) bond motifs is 1. The maximum atomic E-state index is 9.82. The monoisotopic (exact) mass is 231 g/mol. The van der Waals surface area contributed by atoms with Crippen molar-refractivity contribution in [2.45, 2.75) is 44.2 Å². The third-order valence-corrected chi connectivity index (χ3v) is 4.38. The zero-order chi connectivity index (χ0) is 11.7. The summed E-state index contributed by atoms with van der Waals surface area (Å²) >= 11 is 0. The number of benzene rings is 1. The van der Waals surface area contributed by atoms with Gasteiger partial charge in [-0.3, -0.25) is 0 Å². The molecule has 0 amide bonds. The maximum absolute atomic E-state index is 9.82. The molecule has 3 unspecified atom stereocenters. The molecule has 0 heterocycles. The molecule has 2 heteroatoms. The Kier molecular flexibility index (Phi) is 3.17. The van der Waals surface area contributed by atoms with E-state index in [0.29, 0.717) is 12.0 Å². The molecule has 0 aliphatic heterocycles. The van der Waals surface area contributed by atoms with E-state index in [2.05, 4.69) is 29.6 Å². The molecule has 2 N–H and O–H groups in total. The van der Waals surface area contributed by atoms with Gasteiger partial charge in [0.25, 0.3) is 0 Å². The Morgan fingerprint density at radius 3 is 2.88 bits per heavy atom. The fourth-order valence-electron chi connectivity index (χ4n) is 3.32. The van der Waals surface area contributed by atoms with E-state index < -0.39 is 0 Å². The van der Waals surface area contributed by atoms with Crippen molar-refractivity contribution in [3.05, 3.63) is 35.4 Å². The van der Waals surface area contributed by atoms with Gasteiger partial charge >= 0.3 is 0 Å². The van der Waals surface area contributed by atoms with Crippen molar-refractivity contribution in [2.75, 3.05) is 6.54 Å². The SMILES string of the molecule is OC1CCCC1CNC1CCc2ccccc21. The fraction of sp³-hybridized carbons (Fsp3) is 0.600. The minimum absolute atomic E-state index is 0.0702. The normalized spacial score (nSPS) is 31.7. The first-order valence-corrected chi connectivity index (χ1v) is 6.84. The van der Waals surface area contributed by atoms with Gasteiger partial charge in [-0.1, -0.05) is 30.7 Å². The van der Waals surface area contributed by atoms with Crippen LogP contribution in [0.25, 0.3) is 0 Å². The Hall–Kier alpha value is -0.860. The Morgan fingerprint density at radius 1 is 1.18 bits per heavy atom. The van der Waals surface area contributed by atoms with E-state index in [9.17, 15) is 5.11 Å². The second-order valence-corrected chi connectivity index (χ2v) is 5.46. The number of nitrogens with one attached hydrogen (secondary N) is 1. The molecule has 1 saturated carbocycles. The third-order valence-electron chi connectivity index (χ3n) is 4.38. The van der Waals surface area contributed by atoms with E-state index in [-0.39, 0.29) is 6.10 Å². The second-order valence-electron chi connectivity index (χ2n) is 5.46. The fourth-order valence-corrected chi connectivity index (χ4v) is 3.32. The lowest BCUT2D eigenvalue weighted by Gasteiger charge is -2.19. The number of rotatable bonds is 3. The maximum Gasteiger partial charge on any atom is 0.0580 e. The molecule has 0 aromatic heterocycles. The number of aliphatic hydroxyl groups excluding tert-OH is 1. The molecule has 17 heavy (non-hydrogen) atoms. The largest absolute Gasteiger partial charge is 0.393 e. The van der Waals surface area contributed by atoms with Crippen LogP contribution in [0.2, 0.25) is 0 Å². The van der Waals surface area contributed by atoms with Crippen LogP contribution in [0.3, 0.4) is 0 Å². The first-order chi connectivity index (χ1) is 8.34. The van der Waals surface area contributed by atoms with Crippen molar-refractivity contribution in [1.82, 2.24) is 5.32 Å². The van der Waals surface area contributed by atoms with Gasteiger partial charge in [-0.05, 0) is 42.7 Å². The summed E-state index contributed by atoms with van der Waals surface area (Å²) in [7, 11) is 0. The van der Waals surface area contributed by atoms with Gasteiger partial charge in [0.2, 0.25) is 0 Å². The third kappa shape index (κ3) is 2.24. The minimum atomic E-state index is -0.0702. The van der Waals surface area contributed by atoms with Crippen LogP contribution >= 0.6 is 0 Å². The molecule has 3 rings (SSSR count). The number of hydrogen-bond donors (Lipinski definition) is 2. The zero-order valence-corrected chi connectivity index (χ0v) is 10.2. The van der Waals surface area contributed by atoms with Crippen LogP contribution in [0.1, 0.15) is 42.9 Å². The molecule has 0 spiro atoms. The second kappa shape index (κ2) is 4.79. The van der Waals surface area contributed by atoms with Gasteiger partial charge in [-0.2, -0.15) is 0 Å². The Balaban J connectivity index is 1.60. The van der Waals surface area contributed by atoms with Crippen molar-refractivity contribution < 1.29 is 5.11 Å². The average molecular weight is 231 g/mol. The van der Waals surface area contributed by atoms with Gasteiger partial charge in [-0.15, -0.1) is 0 Å². The van der Waals surface area contributed by atoms with E-state index in [4.69, 9.17) is 0 Å². The highest BCUT2D eigenvalue weighted by Crippen LogP contribution is 2.32.